The second-order valence-electron chi connectivity index (χ2n) is 4.53. The van der Waals surface area contributed by atoms with Crippen LogP contribution in [0.5, 0.6) is 0 Å². The van der Waals surface area contributed by atoms with Gasteiger partial charge in [0.25, 0.3) is 0 Å². The number of anilines is 1. The zero-order valence-electron chi connectivity index (χ0n) is 11.2. The highest BCUT2D eigenvalue weighted by atomic mass is 14.8. The Balaban J connectivity index is 2.24. The monoisotopic (exact) mass is 272 g/mol. The molecule has 0 spiro atoms. The molecule has 0 aliphatic rings. The van der Waals surface area contributed by atoms with Crippen molar-refractivity contribution in [3.8, 4) is 28.5 Å². The molecule has 0 aliphatic heterocycles. The zero-order chi connectivity index (χ0) is 14.7. The largest absolute Gasteiger partial charge is 0.383 e. The fourth-order valence-electron chi connectivity index (χ4n) is 2.20. The maximum atomic E-state index is 9.34. The topological polar surface area (TPSA) is 75.6 Å². The fraction of sp³-hybridized carbons (Fsp3) is 0. The molecule has 1 aromatic carbocycles. The second-order valence-corrected chi connectivity index (χ2v) is 4.53. The third-order valence-corrected chi connectivity index (χ3v) is 3.22. The van der Waals surface area contributed by atoms with Gasteiger partial charge in [-0.1, -0.05) is 30.3 Å². The van der Waals surface area contributed by atoms with Crippen molar-refractivity contribution in [1.82, 2.24) is 9.97 Å². The molecule has 0 amide bonds. The molecule has 21 heavy (non-hydrogen) atoms. The van der Waals surface area contributed by atoms with Gasteiger partial charge in [-0.05, 0) is 23.8 Å². The Labute approximate surface area is 122 Å². The minimum absolute atomic E-state index is 0.241. The lowest BCUT2D eigenvalue weighted by molar-refractivity contribution is 1.28. The van der Waals surface area contributed by atoms with Gasteiger partial charge in [-0.15, -0.1) is 0 Å². The minimum atomic E-state index is 0.241. The number of hydrogen-bond acceptors (Lipinski definition) is 4. The Morgan fingerprint density at radius 2 is 1.67 bits per heavy atom. The van der Waals surface area contributed by atoms with Crippen molar-refractivity contribution in [3.05, 3.63) is 66.5 Å². The van der Waals surface area contributed by atoms with Gasteiger partial charge in [0, 0.05) is 23.5 Å². The molecule has 0 bridgehead atoms. The number of nitrogen functional groups attached to an aromatic ring is 1. The lowest BCUT2D eigenvalue weighted by atomic mass is 9.99. The SMILES string of the molecule is N#Cc1c(-c2ccccc2)cc(-c2ccncc2)nc1N. The first-order valence-corrected chi connectivity index (χ1v) is 6.46. The highest BCUT2D eigenvalue weighted by Gasteiger charge is 2.12. The van der Waals surface area contributed by atoms with Gasteiger partial charge in [-0.3, -0.25) is 4.98 Å². The number of benzene rings is 1. The van der Waals surface area contributed by atoms with E-state index in [0.717, 1.165) is 22.4 Å². The van der Waals surface area contributed by atoms with Gasteiger partial charge >= 0.3 is 0 Å². The molecule has 3 aromatic rings. The summed E-state index contributed by atoms with van der Waals surface area (Å²) in [5.74, 6) is 0.241. The van der Waals surface area contributed by atoms with E-state index in [9.17, 15) is 5.26 Å². The Morgan fingerprint density at radius 3 is 2.33 bits per heavy atom. The maximum absolute atomic E-state index is 9.34. The minimum Gasteiger partial charge on any atom is -0.383 e. The van der Waals surface area contributed by atoms with Crippen molar-refractivity contribution < 1.29 is 0 Å². The molecule has 0 atom stereocenters. The number of rotatable bonds is 2. The number of nitriles is 1. The van der Waals surface area contributed by atoms with Gasteiger partial charge in [-0.25, -0.2) is 4.98 Å². The van der Waals surface area contributed by atoms with E-state index in [1.54, 1.807) is 12.4 Å². The van der Waals surface area contributed by atoms with Gasteiger partial charge in [0.15, 0.2) is 0 Å². The first-order chi connectivity index (χ1) is 10.3. The predicted octanol–water partition coefficient (Wildman–Crippen LogP) is 3.26. The highest BCUT2D eigenvalue weighted by molar-refractivity contribution is 5.79. The van der Waals surface area contributed by atoms with Gasteiger partial charge in [0.05, 0.1) is 5.69 Å². The molecule has 0 fully saturated rings. The number of nitrogens with two attached hydrogens (primary N) is 1. The molecule has 0 radical (unpaired) electrons. The molecular formula is C17H12N4. The highest BCUT2D eigenvalue weighted by Crippen LogP contribution is 2.30. The van der Waals surface area contributed by atoms with Crippen LogP contribution in [0.1, 0.15) is 5.56 Å². The zero-order valence-corrected chi connectivity index (χ0v) is 11.2. The first kappa shape index (κ1) is 12.8. The third kappa shape index (κ3) is 2.45. The van der Waals surface area contributed by atoms with Crippen molar-refractivity contribution in [3.63, 3.8) is 0 Å². The van der Waals surface area contributed by atoms with Gasteiger partial charge in [0.2, 0.25) is 0 Å². The Morgan fingerprint density at radius 1 is 0.952 bits per heavy atom. The molecule has 0 unspecified atom stereocenters. The summed E-state index contributed by atoms with van der Waals surface area (Å²) in [6.07, 6.45) is 3.40. The molecule has 0 saturated heterocycles. The van der Waals surface area contributed by atoms with Crippen molar-refractivity contribution in [2.75, 3.05) is 5.73 Å². The van der Waals surface area contributed by atoms with Gasteiger partial charge in [0.1, 0.15) is 17.5 Å². The van der Waals surface area contributed by atoms with E-state index < -0.39 is 0 Å². The Hall–Kier alpha value is -3.19. The van der Waals surface area contributed by atoms with Gasteiger partial charge < -0.3 is 5.73 Å². The smallest absolute Gasteiger partial charge is 0.142 e. The number of pyridine rings is 2. The van der Waals surface area contributed by atoms with E-state index in [2.05, 4.69) is 16.0 Å². The van der Waals surface area contributed by atoms with E-state index in [0.29, 0.717) is 5.56 Å². The van der Waals surface area contributed by atoms with Crippen LogP contribution in [0.25, 0.3) is 22.4 Å². The Bertz CT molecular complexity index is 805. The quantitative estimate of drug-likeness (QED) is 0.776. The van der Waals surface area contributed by atoms with E-state index >= 15 is 0 Å². The molecule has 3 rings (SSSR count). The first-order valence-electron chi connectivity index (χ1n) is 6.46. The van der Waals surface area contributed by atoms with E-state index in [-0.39, 0.29) is 5.82 Å². The standard InChI is InChI=1S/C17H12N4/c18-11-15-14(12-4-2-1-3-5-12)10-16(21-17(15)19)13-6-8-20-9-7-13/h1-10H,(H2,19,21). The average Bonchev–Trinajstić information content (AvgIpc) is 2.55. The van der Waals surface area contributed by atoms with Crippen LogP contribution in [0.3, 0.4) is 0 Å². The lowest BCUT2D eigenvalue weighted by Gasteiger charge is -2.10. The molecule has 0 saturated carbocycles. The van der Waals surface area contributed by atoms with E-state index in [1.807, 2.05) is 48.5 Å². The van der Waals surface area contributed by atoms with Crippen molar-refractivity contribution in [2.45, 2.75) is 0 Å². The molecule has 100 valence electrons. The molecule has 2 heterocycles. The summed E-state index contributed by atoms with van der Waals surface area (Å²) in [4.78, 5) is 8.32. The maximum Gasteiger partial charge on any atom is 0.142 e. The van der Waals surface area contributed by atoms with E-state index in [1.165, 1.54) is 0 Å². The summed E-state index contributed by atoms with van der Waals surface area (Å²) in [5.41, 5.74) is 9.74. The average molecular weight is 272 g/mol. The molecule has 0 aliphatic carbocycles. The Kier molecular flexibility index (Phi) is 3.32. The van der Waals surface area contributed by atoms with Crippen molar-refractivity contribution in [2.24, 2.45) is 0 Å². The van der Waals surface area contributed by atoms with Crippen molar-refractivity contribution >= 4 is 5.82 Å². The van der Waals surface area contributed by atoms with Crippen LogP contribution in [0.2, 0.25) is 0 Å². The summed E-state index contributed by atoms with van der Waals surface area (Å²) >= 11 is 0. The predicted molar refractivity (Wildman–Crippen MR) is 82.0 cm³/mol. The molecule has 4 nitrogen and oxygen atoms in total. The third-order valence-electron chi connectivity index (χ3n) is 3.22. The van der Waals surface area contributed by atoms with Crippen LogP contribution >= 0.6 is 0 Å². The molecule has 2 N–H and O–H groups in total. The van der Waals surface area contributed by atoms with Gasteiger partial charge in [-0.2, -0.15) is 5.26 Å². The summed E-state index contributed by atoms with van der Waals surface area (Å²) in [6, 6.07) is 17.5. The van der Waals surface area contributed by atoms with Crippen LogP contribution in [0, 0.1) is 11.3 Å². The van der Waals surface area contributed by atoms with E-state index in [4.69, 9.17) is 5.73 Å². The molecular weight excluding hydrogens is 260 g/mol. The lowest BCUT2D eigenvalue weighted by Crippen LogP contribution is -1.99. The van der Waals surface area contributed by atoms with Crippen LogP contribution in [-0.2, 0) is 0 Å². The van der Waals surface area contributed by atoms with Crippen molar-refractivity contribution in [1.29, 1.82) is 5.26 Å². The number of nitrogens with zero attached hydrogens (tertiary/aromatic N) is 3. The van der Waals surface area contributed by atoms with Crippen LogP contribution in [-0.4, -0.2) is 9.97 Å². The molecule has 2 aromatic heterocycles. The molecule has 4 heteroatoms. The second kappa shape index (κ2) is 5.43. The summed E-state index contributed by atoms with van der Waals surface area (Å²) in [5, 5.41) is 9.34. The number of hydrogen-bond donors (Lipinski definition) is 1. The van der Waals surface area contributed by atoms with Crippen LogP contribution < -0.4 is 5.73 Å². The van der Waals surface area contributed by atoms with Crippen LogP contribution in [0.15, 0.2) is 60.9 Å². The fourth-order valence-corrected chi connectivity index (χ4v) is 2.20. The summed E-state index contributed by atoms with van der Waals surface area (Å²) in [6.45, 7) is 0. The number of aromatic nitrogens is 2. The summed E-state index contributed by atoms with van der Waals surface area (Å²) < 4.78 is 0. The normalized spacial score (nSPS) is 10.0. The van der Waals surface area contributed by atoms with Crippen LogP contribution in [0.4, 0.5) is 5.82 Å². The summed E-state index contributed by atoms with van der Waals surface area (Å²) in [7, 11) is 0.